The van der Waals surface area contributed by atoms with Crippen LogP contribution in [0.4, 0.5) is 10.1 Å². The number of carboxylic acids is 1. The fourth-order valence-electron chi connectivity index (χ4n) is 1.96. The van der Waals surface area contributed by atoms with Gasteiger partial charge in [-0.2, -0.15) is 0 Å². The summed E-state index contributed by atoms with van der Waals surface area (Å²) < 4.78 is 14.0. The van der Waals surface area contributed by atoms with Gasteiger partial charge >= 0.3 is 5.97 Å². The van der Waals surface area contributed by atoms with Crippen LogP contribution in [-0.2, 0) is 0 Å². The number of rotatable bonds is 3. The van der Waals surface area contributed by atoms with E-state index in [1.165, 1.54) is 18.2 Å². The second-order valence-corrected chi connectivity index (χ2v) is 4.41. The highest BCUT2D eigenvalue weighted by Crippen LogP contribution is 2.32. The highest BCUT2D eigenvalue weighted by Gasteiger charge is 2.13. The molecule has 0 atom stereocenters. The zero-order valence-corrected chi connectivity index (χ0v) is 10.7. The van der Waals surface area contributed by atoms with E-state index in [0.717, 1.165) is 5.69 Å². The number of para-hydroxylation sites is 1. The Hall–Kier alpha value is -2.36. The molecule has 2 rings (SSSR count). The minimum Gasteiger partial charge on any atom is -0.478 e. The molecule has 19 heavy (non-hydrogen) atoms. The molecule has 0 saturated carbocycles. The van der Waals surface area contributed by atoms with Gasteiger partial charge in [0.1, 0.15) is 5.82 Å². The molecule has 0 aromatic heterocycles. The van der Waals surface area contributed by atoms with Crippen LogP contribution >= 0.6 is 0 Å². The molecule has 0 spiro atoms. The molecule has 0 unspecified atom stereocenters. The van der Waals surface area contributed by atoms with Crippen molar-refractivity contribution in [3.8, 4) is 11.1 Å². The first kappa shape index (κ1) is 13.1. The predicted octanol–water partition coefficient (Wildman–Crippen LogP) is 3.26. The monoisotopic (exact) mass is 259 g/mol. The lowest BCUT2D eigenvalue weighted by Crippen LogP contribution is -2.10. The normalized spacial score (nSPS) is 10.3. The number of benzene rings is 2. The van der Waals surface area contributed by atoms with Gasteiger partial charge < -0.3 is 10.0 Å². The maximum absolute atomic E-state index is 14.0. The zero-order chi connectivity index (χ0) is 14.0. The summed E-state index contributed by atoms with van der Waals surface area (Å²) in [6, 6.07) is 11.1. The lowest BCUT2D eigenvalue weighted by atomic mass is 10.0. The summed E-state index contributed by atoms with van der Waals surface area (Å²) >= 11 is 0. The Morgan fingerprint density at radius 3 is 2.42 bits per heavy atom. The number of aromatic carboxylic acids is 1. The van der Waals surface area contributed by atoms with Crippen molar-refractivity contribution in [3.63, 3.8) is 0 Å². The van der Waals surface area contributed by atoms with Crippen molar-refractivity contribution in [1.29, 1.82) is 0 Å². The molecular formula is C15H14FNO2. The van der Waals surface area contributed by atoms with Crippen LogP contribution in [0.5, 0.6) is 0 Å². The van der Waals surface area contributed by atoms with Crippen molar-refractivity contribution in [3.05, 3.63) is 53.8 Å². The van der Waals surface area contributed by atoms with Crippen LogP contribution in [0.3, 0.4) is 0 Å². The van der Waals surface area contributed by atoms with Gasteiger partial charge in [-0.25, -0.2) is 9.18 Å². The summed E-state index contributed by atoms with van der Waals surface area (Å²) in [6.45, 7) is 0. The maximum atomic E-state index is 14.0. The van der Waals surface area contributed by atoms with Crippen LogP contribution in [0, 0.1) is 5.82 Å². The molecule has 0 heterocycles. The lowest BCUT2D eigenvalue weighted by molar-refractivity contribution is 0.0697. The summed E-state index contributed by atoms with van der Waals surface area (Å²) in [6.07, 6.45) is 0. The van der Waals surface area contributed by atoms with E-state index in [1.54, 1.807) is 12.1 Å². The maximum Gasteiger partial charge on any atom is 0.335 e. The molecule has 1 N–H and O–H groups in total. The van der Waals surface area contributed by atoms with Gasteiger partial charge in [-0.15, -0.1) is 0 Å². The fourth-order valence-corrected chi connectivity index (χ4v) is 1.96. The second-order valence-electron chi connectivity index (χ2n) is 4.41. The number of halogens is 1. The van der Waals surface area contributed by atoms with E-state index in [1.807, 2.05) is 31.1 Å². The fraction of sp³-hybridized carbons (Fsp3) is 0.133. The molecule has 3 nitrogen and oxygen atoms in total. The van der Waals surface area contributed by atoms with Crippen LogP contribution in [0.1, 0.15) is 10.4 Å². The SMILES string of the molecule is CN(C)c1ccccc1-c1cc(C(=O)O)ccc1F. The minimum atomic E-state index is -1.07. The van der Waals surface area contributed by atoms with Crippen molar-refractivity contribution in [2.24, 2.45) is 0 Å². The van der Waals surface area contributed by atoms with Gasteiger partial charge in [0.25, 0.3) is 0 Å². The van der Waals surface area contributed by atoms with E-state index in [4.69, 9.17) is 5.11 Å². The Morgan fingerprint density at radius 1 is 1.11 bits per heavy atom. The molecule has 98 valence electrons. The summed E-state index contributed by atoms with van der Waals surface area (Å²) in [5, 5.41) is 8.99. The molecule has 0 fully saturated rings. The molecule has 0 radical (unpaired) electrons. The molecule has 2 aromatic rings. The van der Waals surface area contributed by atoms with E-state index in [0.29, 0.717) is 11.1 Å². The quantitative estimate of drug-likeness (QED) is 0.919. The van der Waals surface area contributed by atoms with Crippen LogP contribution in [0.15, 0.2) is 42.5 Å². The van der Waals surface area contributed by atoms with Crippen LogP contribution in [0.2, 0.25) is 0 Å². The summed E-state index contributed by atoms with van der Waals surface area (Å²) in [5.41, 5.74) is 1.88. The van der Waals surface area contributed by atoms with Crippen molar-refractivity contribution in [2.75, 3.05) is 19.0 Å². The summed E-state index contributed by atoms with van der Waals surface area (Å²) in [4.78, 5) is 12.8. The van der Waals surface area contributed by atoms with E-state index in [9.17, 15) is 9.18 Å². The molecule has 0 bridgehead atoms. The van der Waals surface area contributed by atoms with Crippen molar-refractivity contribution in [1.82, 2.24) is 0 Å². The highest BCUT2D eigenvalue weighted by molar-refractivity contribution is 5.90. The van der Waals surface area contributed by atoms with E-state index in [2.05, 4.69) is 0 Å². The van der Waals surface area contributed by atoms with Crippen LogP contribution in [0.25, 0.3) is 11.1 Å². The zero-order valence-electron chi connectivity index (χ0n) is 10.7. The van der Waals surface area contributed by atoms with Gasteiger partial charge in [0.15, 0.2) is 0 Å². The standard InChI is InChI=1S/C15H14FNO2/c1-17(2)14-6-4-3-5-11(14)12-9-10(15(18)19)7-8-13(12)16/h3-9H,1-2H3,(H,18,19). The predicted molar refractivity (Wildman–Crippen MR) is 73.1 cm³/mol. The second kappa shape index (κ2) is 5.10. The lowest BCUT2D eigenvalue weighted by Gasteiger charge is -2.18. The third-order valence-electron chi connectivity index (χ3n) is 2.89. The molecule has 0 aliphatic heterocycles. The number of carboxylic acid groups (broad SMARTS) is 1. The number of hydrogen-bond acceptors (Lipinski definition) is 2. The van der Waals surface area contributed by atoms with E-state index in [-0.39, 0.29) is 5.56 Å². The average molecular weight is 259 g/mol. The van der Waals surface area contributed by atoms with Crippen molar-refractivity contribution in [2.45, 2.75) is 0 Å². The first-order chi connectivity index (χ1) is 9.00. The summed E-state index contributed by atoms with van der Waals surface area (Å²) in [7, 11) is 3.72. The summed E-state index contributed by atoms with van der Waals surface area (Å²) in [5.74, 6) is -1.50. The molecule has 0 aliphatic carbocycles. The Morgan fingerprint density at radius 2 is 1.79 bits per heavy atom. The van der Waals surface area contributed by atoms with Gasteiger partial charge in [-0.3, -0.25) is 0 Å². The molecular weight excluding hydrogens is 245 g/mol. The number of hydrogen-bond donors (Lipinski definition) is 1. The number of nitrogens with zero attached hydrogens (tertiary/aromatic N) is 1. The van der Waals surface area contributed by atoms with Gasteiger partial charge in [-0.1, -0.05) is 18.2 Å². The Labute approximate surface area is 110 Å². The average Bonchev–Trinajstić information content (AvgIpc) is 2.39. The topological polar surface area (TPSA) is 40.5 Å². The number of anilines is 1. The largest absolute Gasteiger partial charge is 0.478 e. The molecule has 0 saturated heterocycles. The van der Waals surface area contributed by atoms with Crippen molar-refractivity contribution >= 4 is 11.7 Å². The van der Waals surface area contributed by atoms with Gasteiger partial charge in [0.05, 0.1) is 5.56 Å². The van der Waals surface area contributed by atoms with E-state index < -0.39 is 11.8 Å². The Bertz CT molecular complexity index is 623. The smallest absolute Gasteiger partial charge is 0.335 e. The molecule has 4 heteroatoms. The van der Waals surface area contributed by atoms with Gasteiger partial charge in [-0.05, 0) is 24.3 Å². The minimum absolute atomic E-state index is 0.0740. The molecule has 2 aromatic carbocycles. The Kier molecular flexibility index (Phi) is 3.51. The Balaban J connectivity index is 2.64. The van der Waals surface area contributed by atoms with Crippen LogP contribution < -0.4 is 4.90 Å². The van der Waals surface area contributed by atoms with Crippen molar-refractivity contribution < 1.29 is 14.3 Å². The van der Waals surface area contributed by atoms with E-state index >= 15 is 0 Å². The molecule has 0 amide bonds. The molecule has 0 aliphatic rings. The first-order valence-electron chi connectivity index (χ1n) is 5.80. The number of carbonyl (C=O) groups is 1. The van der Waals surface area contributed by atoms with Gasteiger partial charge in [0, 0.05) is 30.9 Å². The third kappa shape index (κ3) is 2.57. The highest BCUT2D eigenvalue weighted by atomic mass is 19.1. The third-order valence-corrected chi connectivity index (χ3v) is 2.89. The van der Waals surface area contributed by atoms with Gasteiger partial charge in [0.2, 0.25) is 0 Å². The first-order valence-corrected chi connectivity index (χ1v) is 5.80. The van der Waals surface area contributed by atoms with Crippen LogP contribution in [-0.4, -0.2) is 25.2 Å².